The number of nitrogens with zero attached hydrogens (tertiary/aromatic N) is 3. The highest BCUT2D eigenvalue weighted by Gasteiger charge is 2.31. The number of hydrogen-bond donors (Lipinski definition) is 0. The first-order valence-electron chi connectivity index (χ1n) is 11.4. The summed E-state index contributed by atoms with van der Waals surface area (Å²) in [5.74, 6) is 1.09. The van der Waals surface area contributed by atoms with E-state index >= 15 is 0 Å². The number of alkyl halides is 3. The van der Waals surface area contributed by atoms with Crippen LogP contribution in [0.3, 0.4) is 0 Å². The molecule has 0 saturated heterocycles. The molecule has 0 bridgehead atoms. The van der Waals surface area contributed by atoms with Crippen molar-refractivity contribution in [2.24, 2.45) is 5.10 Å². The van der Waals surface area contributed by atoms with Crippen molar-refractivity contribution in [2.75, 3.05) is 7.11 Å². The summed E-state index contributed by atoms with van der Waals surface area (Å²) < 4.78 is 53.4. The summed E-state index contributed by atoms with van der Waals surface area (Å²) in [5, 5.41) is 4.64. The lowest BCUT2D eigenvalue weighted by Crippen LogP contribution is -2.20. The molecule has 0 aliphatic heterocycles. The minimum Gasteiger partial charge on any atom is -0.493 e. The maximum absolute atomic E-state index is 13.4. The van der Waals surface area contributed by atoms with Gasteiger partial charge in [0.05, 0.1) is 39.5 Å². The number of fused-ring (bicyclic) bond motifs is 1. The van der Waals surface area contributed by atoms with Crippen molar-refractivity contribution in [3.8, 4) is 22.9 Å². The molecule has 1 aromatic heterocycles. The maximum atomic E-state index is 13.4. The smallest absolute Gasteiger partial charge is 0.416 e. The number of para-hydroxylation sites is 1. The van der Waals surface area contributed by atoms with Gasteiger partial charge in [0.2, 0.25) is 0 Å². The standard InChI is InChI=1S/C27H23F3IN3O3/c1-4-16(2)37-24-21(31)12-17(13-23(24)36-3)15-32-34-25(18-8-7-9-19(14-18)27(28,29)30)33-22-11-6-5-10-20(22)26(34)35/h5-16H,4H2,1-3H3/t16-/m0/s1. The Morgan fingerprint density at radius 3 is 2.59 bits per heavy atom. The summed E-state index contributed by atoms with van der Waals surface area (Å²) in [7, 11) is 1.53. The average molecular weight is 621 g/mol. The molecular formula is C27H23F3IN3O3. The van der Waals surface area contributed by atoms with E-state index < -0.39 is 17.3 Å². The molecule has 1 atom stereocenters. The molecule has 4 rings (SSSR count). The van der Waals surface area contributed by atoms with E-state index in [1.807, 2.05) is 19.9 Å². The maximum Gasteiger partial charge on any atom is 0.416 e. The second-order valence-corrected chi connectivity index (χ2v) is 9.43. The zero-order valence-electron chi connectivity index (χ0n) is 20.2. The van der Waals surface area contributed by atoms with Crippen molar-refractivity contribution in [3.63, 3.8) is 0 Å². The SMILES string of the molecule is CC[C@H](C)Oc1c(I)cc(C=Nn2c(-c3cccc(C(F)(F)F)c3)nc3ccccc3c2=O)cc1OC. The molecule has 0 fully saturated rings. The van der Waals surface area contributed by atoms with Gasteiger partial charge in [0.1, 0.15) is 0 Å². The van der Waals surface area contributed by atoms with Gasteiger partial charge in [0, 0.05) is 5.56 Å². The average Bonchev–Trinajstić information content (AvgIpc) is 2.88. The molecule has 0 amide bonds. The number of halogens is 4. The molecule has 1 heterocycles. The van der Waals surface area contributed by atoms with E-state index in [2.05, 4.69) is 32.7 Å². The molecule has 0 saturated carbocycles. The lowest BCUT2D eigenvalue weighted by Gasteiger charge is -2.17. The first-order chi connectivity index (χ1) is 17.6. The second-order valence-electron chi connectivity index (χ2n) is 8.26. The predicted molar refractivity (Wildman–Crippen MR) is 146 cm³/mol. The van der Waals surface area contributed by atoms with Crippen LogP contribution in [0.15, 0.2) is 70.6 Å². The molecule has 0 aliphatic carbocycles. The molecule has 0 radical (unpaired) electrons. The Labute approximate surface area is 224 Å². The summed E-state index contributed by atoms with van der Waals surface area (Å²) in [5.41, 5.74) is -0.284. The Morgan fingerprint density at radius 1 is 1.14 bits per heavy atom. The van der Waals surface area contributed by atoms with Gasteiger partial charge in [-0.1, -0.05) is 31.2 Å². The number of hydrogen-bond acceptors (Lipinski definition) is 5. The van der Waals surface area contributed by atoms with Crippen LogP contribution < -0.4 is 15.0 Å². The van der Waals surface area contributed by atoms with Crippen LogP contribution in [0, 0.1) is 3.57 Å². The van der Waals surface area contributed by atoms with E-state index in [0.29, 0.717) is 28.0 Å². The summed E-state index contributed by atoms with van der Waals surface area (Å²) in [6.45, 7) is 3.97. The quantitative estimate of drug-likeness (QED) is 0.169. The summed E-state index contributed by atoms with van der Waals surface area (Å²) >= 11 is 2.13. The van der Waals surface area contributed by atoms with Crippen molar-refractivity contribution in [1.82, 2.24) is 9.66 Å². The molecule has 0 aliphatic rings. The van der Waals surface area contributed by atoms with Crippen LogP contribution >= 0.6 is 22.6 Å². The van der Waals surface area contributed by atoms with Gasteiger partial charge in [0.15, 0.2) is 17.3 Å². The highest BCUT2D eigenvalue weighted by atomic mass is 127. The largest absolute Gasteiger partial charge is 0.493 e. The normalized spacial score (nSPS) is 12.7. The summed E-state index contributed by atoms with van der Waals surface area (Å²) in [6.07, 6.45) is -2.31. The Kier molecular flexibility index (Phi) is 7.86. The van der Waals surface area contributed by atoms with Crippen molar-refractivity contribution in [2.45, 2.75) is 32.5 Å². The lowest BCUT2D eigenvalue weighted by molar-refractivity contribution is -0.137. The monoisotopic (exact) mass is 621 g/mol. The van der Waals surface area contributed by atoms with E-state index in [-0.39, 0.29) is 17.5 Å². The van der Waals surface area contributed by atoms with Crippen LogP contribution in [0.1, 0.15) is 31.4 Å². The molecule has 0 spiro atoms. The van der Waals surface area contributed by atoms with Crippen LogP contribution in [-0.2, 0) is 6.18 Å². The molecule has 0 unspecified atom stereocenters. The van der Waals surface area contributed by atoms with E-state index in [4.69, 9.17) is 9.47 Å². The summed E-state index contributed by atoms with van der Waals surface area (Å²) in [6, 6.07) is 14.8. The van der Waals surface area contributed by atoms with Crippen molar-refractivity contribution < 1.29 is 22.6 Å². The van der Waals surface area contributed by atoms with Gasteiger partial charge in [-0.15, -0.1) is 0 Å². The van der Waals surface area contributed by atoms with Gasteiger partial charge >= 0.3 is 6.18 Å². The minimum absolute atomic E-state index is 0.00978. The second kappa shape index (κ2) is 10.9. The number of rotatable bonds is 7. The topological polar surface area (TPSA) is 65.7 Å². The lowest BCUT2D eigenvalue weighted by atomic mass is 10.1. The Morgan fingerprint density at radius 2 is 1.89 bits per heavy atom. The highest BCUT2D eigenvalue weighted by molar-refractivity contribution is 14.1. The zero-order chi connectivity index (χ0) is 26.7. The Bertz CT molecular complexity index is 1530. The summed E-state index contributed by atoms with van der Waals surface area (Å²) in [4.78, 5) is 17.8. The van der Waals surface area contributed by atoms with Gasteiger partial charge in [-0.25, -0.2) is 4.98 Å². The van der Waals surface area contributed by atoms with Crippen LogP contribution in [0.5, 0.6) is 11.5 Å². The van der Waals surface area contributed by atoms with Gasteiger partial charge in [-0.05, 0) is 77.9 Å². The van der Waals surface area contributed by atoms with Gasteiger partial charge in [-0.3, -0.25) is 4.79 Å². The van der Waals surface area contributed by atoms with Gasteiger partial charge < -0.3 is 9.47 Å². The molecule has 10 heteroatoms. The molecular weight excluding hydrogens is 598 g/mol. The fraction of sp³-hybridized carbons (Fsp3) is 0.222. The van der Waals surface area contributed by atoms with Gasteiger partial charge in [-0.2, -0.15) is 22.9 Å². The van der Waals surface area contributed by atoms with Crippen LogP contribution in [-0.4, -0.2) is 29.1 Å². The first-order valence-corrected chi connectivity index (χ1v) is 12.5. The number of benzene rings is 3. The van der Waals surface area contributed by atoms with E-state index in [1.165, 1.54) is 25.5 Å². The first kappa shape index (κ1) is 26.6. The zero-order valence-corrected chi connectivity index (χ0v) is 22.4. The molecule has 37 heavy (non-hydrogen) atoms. The fourth-order valence-corrected chi connectivity index (χ4v) is 4.34. The number of ether oxygens (including phenoxy) is 2. The third-order valence-electron chi connectivity index (χ3n) is 5.67. The third kappa shape index (κ3) is 5.79. The number of methoxy groups -OCH3 is 1. The van der Waals surface area contributed by atoms with Crippen molar-refractivity contribution >= 4 is 39.7 Å². The van der Waals surface area contributed by atoms with E-state index in [9.17, 15) is 18.0 Å². The minimum atomic E-state index is -4.55. The Hall–Kier alpha value is -3.41. The third-order valence-corrected chi connectivity index (χ3v) is 6.47. The van der Waals surface area contributed by atoms with E-state index in [1.54, 1.807) is 30.3 Å². The Balaban J connectivity index is 1.86. The van der Waals surface area contributed by atoms with Crippen LogP contribution in [0.25, 0.3) is 22.3 Å². The van der Waals surface area contributed by atoms with Crippen molar-refractivity contribution in [3.05, 3.63) is 85.7 Å². The van der Waals surface area contributed by atoms with Crippen LogP contribution in [0.4, 0.5) is 13.2 Å². The van der Waals surface area contributed by atoms with Crippen LogP contribution in [0.2, 0.25) is 0 Å². The fourth-order valence-electron chi connectivity index (χ4n) is 3.59. The van der Waals surface area contributed by atoms with Gasteiger partial charge in [0.25, 0.3) is 5.56 Å². The highest BCUT2D eigenvalue weighted by Crippen LogP contribution is 2.35. The predicted octanol–water partition coefficient (Wildman–Crippen LogP) is 6.76. The van der Waals surface area contributed by atoms with Crippen molar-refractivity contribution in [1.29, 1.82) is 0 Å². The molecule has 0 N–H and O–H groups in total. The van der Waals surface area contributed by atoms with E-state index in [0.717, 1.165) is 26.8 Å². The number of aromatic nitrogens is 2. The molecule has 4 aromatic rings. The molecule has 6 nitrogen and oxygen atoms in total. The molecule has 3 aromatic carbocycles. The molecule has 192 valence electrons.